The monoisotopic (exact) mass is 434 g/mol. The molecule has 30 heavy (non-hydrogen) atoms. The van der Waals surface area contributed by atoms with Crippen molar-refractivity contribution in [2.24, 2.45) is 0 Å². The minimum absolute atomic E-state index is 0.00236. The summed E-state index contributed by atoms with van der Waals surface area (Å²) >= 11 is 0. The molecule has 0 unspecified atom stereocenters. The zero-order chi connectivity index (χ0) is 22.5. The van der Waals surface area contributed by atoms with Crippen LogP contribution in [0.5, 0.6) is 0 Å². The second kappa shape index (κ2) is 9.51. The first-order chi connectivity index (χ1) is 14.1. The number of esters is 2. The van der Waals surface area contributed by atoms with Crippen LogP contribution in [0.1, 0.15) is 26.3 Å². The Balaban J connectivity index is 2.24. The lowest BCUT2D eigenvalue weighted by Crippen LogP contribution is -2.35. The van der Waals surface area contributed by atoms with Crippen molar-refractivity contribution in [3.05, 3.63) is 59.2 Å². The number of carbonyl (C=O) groups is 3. The third-order valence-corrected chi connectivity index (χ3v) is 6.03. The summed E-state index contributed by atoms with van der Waals surface area (Å²) in [4.78, 5) is 36.2. The highest BCUT2D eigenvalue weighted by molar-refractivity contribution is 7.89. The van der Waals surface area contributed by atoms with Gasteiger partial charge in [-0.2, -0.15) is 4.31 Å². The van der Waals surface area contributed by atoms with Gasteiger partial charge in [0.15, 0.2) is 0 Å². The Morgan fingerprint density at radius 1 is 0.967 bits per heavy atom. The van der Waals surface area contributed by atoms with E-state index < -0.39 is 34.4 Å². The number of hydrogen-bond donors (Lipinski definition) is 1. The number of hydrogen-bond acceptors (Lipinski definition) is 7. The van der Waals surface area contributed by atoms with Gasteiger partial charge in [-0.3, -0.25) is 4.79 Å². The molecule has 0 fully saturated rings. The number of sulfonamides is 1. The van der Waals surface area contributed by atoms with Crippen molar-refractivity contribution in [1.29, 1.82) is 0 Å². The Morgan fingerprint density at radius 3 is 2.13 bits per heavy atom. The van der Waals surface area contributed by atoms with Crippen molar-refractivity contribution in [2.45, 2.75) is 11.8 Å². The van der Waals surface area contributed by atoms with Gasteiger partial charge in [0.25, 0.3) is 0 Å². The minimum Gasteiger partial charge on any atom is -0.465 e. The standard InChI is InChI=1S/C20H22N2O7S/c1-13-5-8-15(9-6-13)30(26,27)22(2)12-18(23)21-17-11-14(19(24)28-3)7-10-16(17)20(25)29-4/h5-11H,12H2,1-4H3,(H,21,23). The molecular formula is C20H22N2O7S. The number of anilines is 1. The molecule has 0 bridgehead atoms. The molecule has 0 aliphatic heterocycles. The van der Waals surface area contributed by atoms with Gasteiger partial charge >= 0.3 is 11.9 Å². The van der Waals surface area contributed by atoms with Gasteiger partial charge in [0.2, 0.25) is 15.9 Å². The molecule has 0 radical (unpaired) electrons. The summed E-state index contributed by atoms with van der Waals surface area (Å²) in [7, 11) is -0.263. The third-order valence-electron chi connectivity index (χ3n) is 4.22. The summed E-state index contributed by atoms with van der Waals surface area (Å²) in [6.07, 6.45) is 0. The minimum atomic E-state index is -3.89. The van der Waals surface area contributed by atoms with Crippen LogP contribution in [0.3, 0.4) is 0 Å². The van der Waals surface area contributed by atoms with E-state index in [2.05, 4.69) is 14.8 Å². The molecule has 0 heterocycles. The molecule has 0 aromatic heterocycles. The average molecular weight is 434 g/mol. The first-order valence-electron chi connectivity index (χ1n) is 8.73. The number of benzene rings is 2. The van der Waals surface area contributed by atoms with Gasteiger partial charge in [-0.05, 0) is 37.3 Å². The van der Waals surface area contributed by atoms with E-state index in [-0.39, 0.29) is 21.7 Å². The van der Waals surface area contributed by atoms with Crippen LogP contribution in [-0.2, 0) is 24.3 Å². The Kier molecular flexibility index (Phi) is 7.30. The lowest BCUT2D eigenvalue weighted by molar-refractivity contribution is -0.116. The molecule has 1 amide bonds. The van der Waals surface area contributed by atoms with Gasteiger partial charge in [0, 0.05) is 7.05 Å². The Labute approximate surface area is 174 Å². The summed E-state index contributed by atoms with van der Waals surface area (Å²) in [5.74, 6) is -2.11. The van der Waals surface area contributed by atoms with Crippen molar-refractivity contribution in [3.63, 3.8) is 0 Å². The molecule has 2 aromatic carbocycles. The van der Waals surface area contributed by atoms with E-state index in [9.17, 15) is 22.8 Å². The molecule has 160 valence electrons. The molecule has 10 heteroatoms. The number of carbonyl (C=O) groups excluding carboxylic acids is 3. The number of nitrogens with one attached hydrogen (secondary N) is 1. The van der Waals surface area contributed by atoms with Crippen LogP contribution in [-0.4, -0.2) is 58.4 Å². The topological polar surface area (TPSA) is 119 Å². The molecule has 0 spiro atoms. The zero-order valence-corrected chi connectivity index (χ0v) is 17.8. The lowest BCUT2D eigenvalue weighted by atomic mass is 10.1. The summed E-state index contributed by atoms with van der Waals surface area (Å²) in [5, 5.41) is 2.46. The summed E-state index contributed by atoms with van der Waals surface area (Å²) in [5.41, 5.74) is 0.995. The molecule has 9 nitrogen and oxygen atoms in total. The van der Waals surface area contributed by atoms with Crippen LogP contribution >= 0.6 is 0 Å². The zero-order valence-electron chi connectivity index (χ0n) is 17.0. The average Bonchev–Trinajstić information content (AvgIpc) is 2.72. The van der Waals surface area contributed by atoms with Crippen molar-refractivity contribution in [2.75, 3.05) is 33.1 Å². The molecule has 0 saturated carbocycles. The van der Waals surface area contributed by atoms with Gasteiger partial charge in [0.1, 0.15) is 0 Å². The second-order valence-corrected chi connectivity index (χ2v) is 8.41. The normalized spacial score (nSPS) is 11.1. The van der Waals surface area contributed by atoms with E-state index in [1.807, 2.05) is 6.92 Å². The summed E-state index contributed by atoms with van der Waals surface area (Å²) in [6.45, 7) is 1.31. The number of nitrogens with zero attached hydrogens (tertiary/aromatic N) is 1. The number of aryl methyl sites for hydroxylation is 1. The molecule has 1 N–H and O–H groups in total. The number of rotatable bonds is 7. The highest BCUT2D eigenvalue weighted by atomic mass is 32.2. The van der Waals surface area contributed by atoms with E-state index >= 15 is 0 Å². The maximum absolute atomic E-state index is 12.6. The molecule has 0 atom stereocenters. The van der Waals surface area contributed by atoms with Gasteiger partial charge in [-0.25, -0.2) is 18.0 Å². The Bertz CT molecular complexity index is 1060. The van der Waals surface area contributed by atoms with Crippen molar-refractivity contribution >= 4 is 33.6 Å². The van der Waals surface area contributed by atoms with E-state index in [1.165, 1.54) is 51.6 Å². The Morgan fingerprint density at radius 2 is 1.57 bits per heavy atom. The number of ether oxygens (including phenoxy) is 2. The van der Waals surface area contributed by atoms with E-state index in [1.54, 1.807) is 12.1 Å². The molecule has 0 saturated heterocycles. The van der Waals surface area contributed by atoms with Crippen LogP contribution in [0, 0.1) is 6.92 Å². The fourth-order valence-corrected chi connectivity index (χ4v) is 3.67. The smallest absolute Gasteiger partial charge is 0.339 e. The van der Waals surface area contributed by atoms with Crippen LogP contribution in [0.25, 0.3) is 0 Å². The SMILES string of the molecule is COC(=O)c1ccc(C(=O)OC)c(NC(=O)CN(C)S(=O)(=O)c2ccc(C)cc2)c1. The predicted octanol–water partition coefficient (Wildman–Crippen LogP) is 1.83. The highest BCUT2D eigenvalue weighted by Crippen LogP contribution is 2.20. The molecule has 2 rings (SSSR count). The maximum Gasteiger partial charge on any atom is 0.339 e. The molecule has 0 aliphatic carbocycles. The summed E-state index contributed by atoms with van der Waals surface area (Å²) < 4.78 is 35.5. The quantitative estimate of drug-likeness (QED) is 0.660. The molecule has 0 aliphatic rings. The molecule has 2 aromatic rings. The van der Waals surface area contributed by atoms with Crippen molar-refractivity contribution < 1.29 is 32.3 Å². The third kappa shape index (κ3) is 5.22. The largest absolute Gasteiger partial charge is 0.465 e. The lowest BCUT2D eigenvalue weighted by Gasteiger charge is -2.18. The first kappa shape index (κ1) is 23.0. The first-order valence-corrected chi connectivity index (χ1v) is 10.2. The van der Waals surface area contributed by atoms with Crippen molar-refractivity contribution in [3.8, 4) is 0 Å². The fraction of sp³-hybridized carbons (Fsp3) is 0.250. The van der Waals surface area contributed by atoms with Crippen LogP contribution < -0.4 is 5.32 Å². The summed E-state index contributed by atoms with van der Waals surface area (Å²) in [6, 6.07) is 10.1. The second-order valence-electron chi connectivity index (χ2n) is 6.37. The number of amides is 1. The van der Waals surface area contributed by atoms with E-state index in [0.717, 1.165) is 9.87 Å². The fourth-order valence-electron chi connectivity index (χ4n) is 2.55. The number of methoxy groups -OCH3 is 2. The van der Waals surface area contributed by atoms with Crippen LogP contribution in [0.4, 0.5) is 5.69 Å². The van der Waals surface area contributed by atoms with Crippen LogP contribution in [0.2, 0.25) is 0 Å². The van der Waals surface area contributed by atoms with Gasteiger partial charge in [-0.1, -0.05) is 17.7 Å². The van der Waals surface area contributed by atoms with Gasteiger partial charge in [-0.15, -0.1) is 0 Å². The van der Waals surface area contributed by atoms with Gasteiger partial charge < -0.3 is 14.8 Å². The van der Waals surface area contributed by atoms with E-state index in [4.69, 9.17) is 0 Å². The van der Waals surface area contributed by atoms with E-state index in [0.29, 0.717) is 0 Å². The van der Waals surface area contributed by atoms with Gasteiger partial charge in [0.05, 0.1) is 42.5 Å². The molecular weight excluding hydrogens is 412 g/mol. The van der Waals surface area contributed by atoms with Crippen LogP contribution in [0.15, 0.2) is 47.4 Å². The maximum atomic E-state index is 12.6. The number of likely N-dealkylation sites (N-methyl/N-ethyl adjacent to an activating group) is 1. The highest BCUT2D eigenvalue weighted by Gasteiger charge is 2.24. The predicted molar refractivity (Wildman–Crippen MR) is 109 cm³/mol. The van der Waals surface area contributed by atoms with Crippen molar-refractivity contribution in [1.82, 2.24) is 4.31 Å². The Hall–Kier alpha value is -3.24.